The first-order chi connectivity index (χ1) is 14.2. The molecule has 1 amide bonds. The monoisotopic (exact) mass is 390 g/mol. The Morgan fingerprint density at radius 2 is 1.72 bits per heavy atom. The molecule has 0 aliphatic rings. The number of benzene rings is 2. The van der Waals surface area contributed by atoms with Crippen LogP contribution in [0.5, 0.6) is 5.75 Å². The van der Waals surface area contributed by atoms with E-state index < -0.39 is 0 Å². The van der Waals surface area contributed by atoms with E-state index in [9.17, 15) is 4.79 Å². The molecule has 0 aliphatic carbocycles. The topological polar surface area (TPSA) is 43.3 Å². The number of ether oxygens (including phenoxy) is 1. The number of unbranched alkanes of at least 4 members (excludes halogenated alkanes) is 3. The summed E-state index contributed by atoms with van der Waals surface area (Å²) >= 11 is 0. The SMILES string of the molecule is CCCCCCNC(=O)c1cc(-c2ccccc2)n(-c2ccccc2OC)c1C. The van der Waals surface area contributed by atoms with E-state index in [1.54, 1.807) is 7.11 Å². The molecular weight excluding hydrogens is 360 g/mol. The fraction of sp³-hybridized carbons (Fsp3) is 0.320. The van der Waals surface area contributed by atoms with Gasteiger partial charge in [-0.25, -0.2) is 0 Å². The quantitative estimate of drug-likeness (QED) is 0.471. The number of hydrogen-bond acceptors (Lipinski definition) is 2. The predicted molar refractivity (Wildman–Crippen MR) is 119 cm³/mol. The number of hydrogen-bond donors (Lipinski definition) is 1. The first kappa shape index (κ1) is 20.7. The molecule has 152 valence electrons. The largest absolute Gasteiger partial charge is 0.495 e. The van der Waals surface area contributed by atoms with E-state index in [4.69, 9.17) is 4.74 Å². The van der Waals surface area contributed by atoms with Crippen molar-refractivity contribution in [3.05, 3.63) is 71.9 Å². The molecular formula is C25H30N2O2. The van der Waals surface area contributed by atoms with Gasteiger partial charge in [0, 0.05) is 12.2 Å². The third kappa shape index (κ3) is 4.70. The number of methoxy groups -OCH3 is 1. The average Bonchev–Trinajstić information content (AvgIpc) is 3.11. The van der Waals surface area contributed by atoms with Crippen molar-refractivity contribution in [2.45, 2.75) is 39.5 Å². The molecule has 0 saturated carbocycles. The lowest BCUT2D eigenvalue weighted by molar-refractivity contribution is 0.0952. The van der Waals surface area contributed by atoms with Crippen molar-refractivity contribution in [1.82, 2.24) is 9.88 Å². The van der Waals surface area contributed by atoms with Crippen LogP contribution in [0.1, 0.15) is 48.7 Å². The van der Waals surface area contributed by atoms with E-state index in [-0.39, 0.29) is 5.91 Å². The van der Waals surface area contributed by atoms with Gasteiger partial charge in [0.15, 0.2) is 0 Å². The molecule has 1 N–H and O–H groups in total. The minimum atomic E-state index is -0.0233. The van der Waals surface area contributed by atoms with Gasteiger partial charge >= 0.3 is 0 Å². The van der Waals surface area contributed by atoms with Crippen molar-refractivity contribution in [3.8, 4) is 22.7 Å². The number of nitrogens with one attached hydrogen (secondary N) is 1. The summed E-state index contributed by atoms with van der Waals surface area (Å²) in [5.74, 6) is 0.750. The first-order valence-corrected chi connectivity index (χ1v) is 10.4. The Hall–Kier alpha value is -3.01. The van der Waals surface area contributed by atoms with Gasteiger partial charge in [0.1, 0.15) is 5.75 Å². The number of aromatic nitrogens is 1. The molecule has 0 radical (unpaired) electrons. The Balaban J connectivity index is 2.00. The van der Waals surface area contributed by atoms with Crippen LogP contribution in [-0.2, 0) is 0 Å². The van der Waals surface area contributed by atoms with Crippen molar-refractivity contribution in [3.63, 3.8) is 0 Å². The van der Waals surface area contributed by atoms with Crippen LogP contribution in [0.3, 0.4) is 0 Å². The Morgan fingerprint density at radius 1 is 1.00 bits per heavy atom. The maximum atomic E-state index is 12.9. The molecule has 2 aromatic carbocycles. The molecule has 3 aromatic rings. The van der Waals surface area contributed by atoms with Crippen LogP contribution in [-0.4, -0.2) is 24.1 Å². The van der Waals surface area contributed by atoms with Gasteiger partial charge in [0.05, 0.1) is 24.1 Å². The highest BCUT2D eigenvalue weighted by molar-refractivity contribution is 5.97. The second-order valence-corrected chi connectivity index (χ2v) is 7.22. The summed E-state index contributed by atoms with van der Waals surface area (Å²) < 4.78 is 7.71. The molecule has 0 atom stereocenters. The van der Waals surface area contributed by atoms with Crippen molar-refractivity contribution >= 4 is 5.91 Å². The molecule has 4 heteroatoms. The molecule has 0 spiro atoms. The van der Waals surface area contributed by atoms with Crippen LogP contribution >= 0.6 is 0 Å². The van der Waals surface area contributed by atoms with Gasteiger partial charge in [0.25, 0.3) is 5.91 Å². The number of carbonyl (C=O) groups excluding carboxylic acids is 1. The second kappa shape index (κ2) is 9.97. The lowest BCUT2D eigenvalue weighted by atomic mass is 10.1. The lowest BCUT2D eigenvalue weighted by Crippen LogP contribution is -2.24. The van der Waals surface area contributed by atoms with E-state index in [0.717, 1.165) is 41.2 Å². The molecule has 3 rings (SSSR count). The van der Waals surface area contributed by atoms with Crippen LogP contribution in [0.2, 0.25) is 0 Å². The molecule has 0 fully saturated rings. The predicted octanol–water partition coefficient (Wildman–Crippen LogP) is 5.77. The Bertz CT molecular complexity index is 945. The van der Waals surface area contributed by atoms with Gasteiger partial charge in [0.2, 0.25) is 0 Å². The minimum absolute atomic E-state index is 0.0233. The fourth-order valence-electron chi connectivity index (χ4n) is 3.63. The minimum Gasteiger partial charge on any atom is -0.495 e. The number of amides is 1. The van der Waals surface area contributed by atoms with Crippen molar-refractivity contribution in [1.29, 1.82) is 0 Å². The van der Waals surface area contributed by atoms with Crippen molar-refractivity contribution < 1.29 is 9.53 Å². The van der Waals surface area contributed by atoms with Gasteiger partial charge in [-0.1, -0.05) is 68.7 Å². The van der Waals surface area contributed by atoms with Gasteiger partial charge in [-0.2, -0.15) is 0 Å². The van der Waals surface area contributed by atoms with Gasteiger partial charge < -0.3 is 14.6 Å². The van der Waals surface area contributed by atoms with Crippen LogP contribution in [0.25, 0.3) is 16.9 Å². The fourth-order valence-corrected chi connectivity index (χ4v) is 3.63. The Labute approximate surface area is 173 Å². The third-order valence-electron chi connectivity index (χ3n) is 5.20. The molecule has 0 bridgehead atoms. The highest BCUT2D eigenvalue weighted by Gasteiger charge is 2.21. The summed E-state index contributed by atoms with van der Waals surface area (Å²) in [7, 11) is 1.67. The maximum Gasteiger partial charge on any atom is 0.253 e. The summed E-state index contributed by atoms with van der Waals surface area (Å²) in [6.45, 7) is 4.89. The highest BCUT2D eigenvalue weighted by Crippen LogP contribution is 2.33. The highest BCUT2D eigenvalue weighted by atomic mass is 16.5. The standard InChI is InChI=1S/C25H30N2O2/c1-4-5-6-12-17-26-25(28)21-18-23(20-13-8-7-9-14-20)27(19(21)2)22-15-10-11-16-24(22)29-3/h7-11,13-16,18H,4-6,12,17H2,1-3H3,(H,26,28). The zero-order valence-corrected chi connectivity index (χ0v) is 17.6. The van der Waals surface area contributed by atoms with E-state index in [0.29, 0.717) is 12.1 Å². The number of rotatable bonds is 9. The average molecular weight is 391 g/mol. The van der Waals surface area contributed by atoms with Crippen LogP contribution in [0, 0.1) is 6.92 Å². The van der Waals surface area contributed by atoms with Crippen molar-refractivity contribution in [2.24, 2.45) is 0 Å². The molecule has 0 aliphatic heterocycles. The molecule has 0 unspecified atom stereocenters. The van der Waals surface area contributed by atoms with E-state index in [1.165, 1.54) is 12.8 Å². The van der Waals surface area contributed by atoms with Crippen LogP contribution in [0.15, 0.2) is 60.7 Å². The van der Waals surface area contributed by atoms with Crippen molar-refractivity contribution in [2.75, 3.05) is 13.7 Å². The summed E-state index contributed by atoms with van der Waals surface area (Å²) in [6, 6.07) is 20.0. The number of carbonyl (C=O) groups is 1. The lowest BCUT2D eigenvalue weighted by Gasteiger charge is -2.15. The van der Waals surface area contributed by atoms with Gasteiger partial charge in [-0.3, -0.25) is 4.79 Å². The Morgan fingerprint density at radius 3 is 2.45 bits per heavy atom. The number of nitrogens with zero attached hydrogens (tertiary/aromatic N) is 1. The maximum absolute atomic E-state index is 12.9. The summed E-state index contributed by atoms with van der Waals surface area (Å²) in [5.41, 5.74) is 4.56. The molecule has 4 nitrogen and oxygen atoms in total. The van der Waals surface area contributed by atoms with E-state index in [2.05, 4.69) is 28.9 Å². The zero-order valence-electron chi connectivity index (χ0n) is 17.6. The van der Waals surface area contributed by atoms with E-state index in [1.807, 2.05) is 55.5 Å². The normalized spacial score (nSPS) is 10.7. The molecule has 29 heavy (non-hydrogen) atoms. The summed E-state index contributed by atoms with van der Waals surface area (Å²) in [4.78, 5) is 12.9. The smallest absolute Gasteiger partial charge is 0.253 e. The first-order valence-electron chi connectivity index (χ1n) is 10.4. The molecule has 0 saturated heterocycles. The third-order valence-corrected chi connectivity index (χ3v) is 5.20. The molecule has 1 heterocycles. The summed E-state index contributed by atoms with van der Waals surface area (Å²) in [6.07, 6.45) is 4.55. The summed E-state index contributed by atoms with van der Waals surface area (Å²) in [5, 5.41) is 3.09. The van der Waals surface area contributed by atoms with Gasteiger partial charge in [-0.05, 0) is 37.1 Å². The molecule has 1 aromatic heterocycles. The van der Waals surface area contributed by atoms with E-state index >= 15 is 0 Å². The van der Waals surface area contributed by atoms with Gasteiger partial charge in [-0.15, -0.1) is 0 Å². The van der Waals surface area contributed by atoms with Crippen LogP contribution < -0.4 is 10.1 Å². The zero-order chi connectivity index (χ0) is 20.6. The Kier molecular flexibility index (Phi) is 7.12. The van der Waals surface area contributed by atoms with Crippen LogP contribution in [0.4, 0.5) is 0 Å². The number of para-hydroxylation sites is 2. The second-order valence-electron chi connectivity index (χ2n) is 7.22.